The molecule has 4 nitrogen and oxygen atoms in total. The van der Waals surface area contributed by atoms with Crippen molar-refractivity contribution in [3.8, 4) is 6.07 Å². The largest absolute Gasteiger partial charge is 0.274 e. The highest BCUT2D eigenvalue weighted by atomic mass is 32.1. The van der Waals surface area contributed by atoms with Gasteiger partial charge < -0.3 is 0 Å². The summed E-state index contributed by atoms with van der Waals surface area (Å²) in [7, 11) is 0. The van der Waals surface area contributed by atoms with Crippen LogP contribution in [0.3, 0.4) is 0 Å². The van der Waals surface area contributed by atoms with E-state index in [4.69, 9.17) is 0 Å². The van der Waals surface area contributed by atoms with Gasteiger partial charge in [0.1, 0.15) is 11.1 Å². The third kappa shape index (κ3) is 1.72. The number of imide groups is 1. The molecule has 0 spiro atoms. The second kappa shape index (κ2) is 5.03. The summed E-state index contributed by atoms with van der Waals surface area (Å²) in [6, 6.07) is 2.29. The Morgan fingerprint density at radius 2 is 1.67 bits per heavy atom. The fraction of sp³-hybridized carbons (Fsp3) is 0.526. The van der Waals surface area contributed by atoms with Gasteiger partial charge in [-0.15, -0.1) is 11.3 Å². The zero-order chi connectivity index (χ0) is 16.4. The number of hydrogen-bond donors (Lipinski definition) is 0. The Kier molecular flexibility index (Phi) is 3.02. The molecule has 0 aromatic carbocycles. The monoisotopic (exact) mass is 338 g/mol. The Labute approximate surface area is 144 Å². The van der Waals surface area contributed by atoms with E-state index in [1.807, 2.05) is 0 Å². The average molecular weight is 338 g/mol. The Balaban J connectivity index is 1.61. The standard InChI is InChI=1S/C19H18N2O2S/c20-9-13-12-3-1-2-4-14(12)24-19(13)21-17(22)15-10-5-6-11(8-7-10)16(15)18(21)23/h5-6,10-11,15-16H,1-4,7-8H2/t10-,11-,15+,16+/m0/s1. The second-order valence-corrected chi connectivity index (χ2v) is 8.44. The molecule has 6 rings (SSSR count). The van der Waals surface area contributed by atoms with E-state index in [2.05, 4.69) is 18.2 Å². The van der Waals surface area contributed by atoms with Gasteiger partial charge in [0.15, 0.2) is 0 Å². The number of allylic oxidation sites excluding steroid dienone is 2. The van der Waals surface area contributed by atoms with Crippen LogP contribution >= 0.6 is 11.3 Å². The first kappa shape index (κ1) is 14.4. The minimum absolute atomic E-state index is 0.0702. The number of carbonyl (C=O) groups is 2. The predicted molar refractivity (Wildman–Crippen MR) is 90.5 cm³/mol. The highest BCUT2D eigenvalue weighted by Gasteiger charge is 2.57. The SMILES string of the molecule is N#Cc1c(N2C(=O)[C@H]3[C@H](C2=O)[C@H]2C=C[C@H]3CC2)sc2c1CCCC2. The first-order chi connectivity index (χ1) is 11.7. The lowest BCUT2D eigenvalue weighted by molar-refractivity contribution is -0.124. The molecule has 0 N–H and O–H groups in total. The minimum atomic E-state index is -0.202. The number of nitriles is 1. The topological polar surface area (TPSA) is 61.2 Å². The number of anilines is 1. The Morgan fingerprint density at radius 1 is 1.04 bits per heavy atom. The summed E-state index contributed by atoms with van der Waals surface area (Å²) >= 11 is 1.50. The van der Waals surface area contributed by atoms with Crippen LogP contribution in [-0.2, 0) is 22.4 Å². The zero-order valence-electron chi connectivity index (χ0n) is 13.3. The van der Waals surface area contributed by atoms with Gasteiger partial charge >= 0.3 is 0 Å². The van der Waals surface area contributed by atoms with E-state index in [1.54, 1.807) is 0 Å². The molecule has 1 saturated carbocycles. The van der Waals surface area contributed by atoms with Gasteiger partial charge in [0.2, 0.25) is 11.8 Å². The number of carbonyl (C=O) groups excluding carboxylic acids is 2. The summed E-state index contributed by atoms with van der Waals surface area (Å²) in [6.45, 7) is 0. The smallest absolute Gasteiger partial charge is 0.238 e. The first-order valence-electron chi connectivity index (χ1n) is 8.81. The first-order valence-corrected chi connectivity index (χ1v) is 9.63. The van der Waals surface area contributed by atoms with Crippen LogP contribution in [0.25, 0.3) is 0 Å². The van der Waals surface area contributed by atoms with Crippen LogP contribution in [0.15, 0.2) is 12.2 Å². The normalized spacial score (nSPS) is 33.5. The summed E-state index contributed by atoms with van der Waals surface area (Å²) in [5, 5.41) is 10.3. The van der Waals surface area contributed by atoms with Crippen molar-refractivity contribution in [1.29, 1.82) is 5.26 Å². The number of amides is 2. The number of nitrogens with zero attached hydrogens (tertiary/aromatic N) is 2. The molecule has 1 saturated heterocycles. The van der Waals surface area contributed by atoms with Crippen LogP contribution in [0.1, 0.15) is 41.7 Å². The second-order valence-electron chi connectivity index (χ2n) is 7.36. The van der Waals surface area contributed by atoms with E-state index in [0.717, 1.165) is 44.1 Å². The number of thiophene rings is 1. The lowest BCUT2D eigenvalue weighted by atomic mass is 9.63. The molecule has 1 aromatic rings. The summed E-state index contributed by atoms with van der Waals surface area (Å²) in [5.41, 5.74) is 1.66. The van der Waals surface area contributed by atoms with Crippen LogP contribution in [0.2, 0.25) is 0 Å². The summed E-state index contributed by atoms with van der Waals surface area (Å²) in [6.07, 6.45) is 10.3. The van der Waals surface area contributed by atoms with Crippen molar-refractivity contribution >= 4 is 28.2 Å². The van der Waals surface area contributed by atoms with E-state index in [0.29, 0.717) is 10.6 Å². The minimum Gasteiger partial charge on any atom is -0.274 e. The molecule has 0 radical (unpaired) electrons. The highest BCUT2D eigenvalue weighted by Crippen LogP contribution is 2.52. The van der Waals surface area contributed by atoms with E-state index in [1.165, 1.54) is 21.1 Å². The predicted octanol–water partition coefficient (Wildman–Crippen LogP) is 3.20. The number of hydrogen-bond acceptors (Lipinski definition) is 4. The molecule has 24 heavy (non-hydrogen) atoms. The Bertz CT molecular complexity index is 799. The van der Waals surface area contributed by atoms with Crippen molar-refractivity contribution < 1.29 is 9.59 Å². The molecule has 122 valence electrons. The van der Waals surface area contributed by atoms with Gasteiger partial charge in [-0.2, -0.15) is 5.26 Å². The number of fused-ring (bicyclic) bond motifs is 2. The van der Waals surface area contributed by atoms with Crippen molar-refractivity contribution in [1.82, 2.24) is 0 Å². The molecule has 4 atom stereocenters. The molecule has 2 heterocycles. The van der Waals surface area contributed by atoms with Gasteiger partial charge in [0.25, 0.3) is 0 Å². The maximum absolute atomic E-state index is 13.1. The van der Waals surface area contributed by atoms with Crippen molar-refractivity contribution in [3.05, 3.63) is 28.2 Å². The highest BCUT2D eigenvalue weighted by molar-refractivity contribution is 7.17. The lowest BCUT2D eigenvalue weighted by Crippen LogP contribution is -2.38. The van der Waals surface area contributed by atoms with Crippen LogP contribution in [0.5, 0.6) is 0 Å². The fourth-order valence-corrected chi connectivity index (χ4v) is 6.45. The van der Waals surface area contributed by atoms with E-state index < -0.39 is 0 Å². The van der Waals surface area contributed by atoms with Crippen molar-refractivity contribution in [3.63, 3.8) is 0 Å². The molecule has 4 aliphatic carbocycles. The Morgan fingerprint density at radius 3 is 2.25 bits per heavy atom. The van der Waals surface area contributed by atoms with E-state index >= 15 is 0 Å². The molecule has 2 fully saturated rings. The van der Waals surface area contributed by atoms with Gasteiger partial charge in [0.05, 0.1) is 17.4 Å². The fourth-order valence-electron chi connectivity index (χ4n) is 5.10. The quantitative estimate of drug-likeness (QED) is 0.583. The van der Waals surface area contributed by atoms with Crippen LogP contribution in [-0.4, -0.2) is 11.8 Å². The molecule has 0 unspecified atom stereocenters. The third-order valence-corrected chi connectivity index (χ3v) is 7.50. The van der Waals surface area contributed by atoms with Gasteiger partial charge in [-0.1, -0.05) is 12.2 Å². The van der Waals surface area contributed by atoms with Gasteiger partial charge in [0, 0.05) is 4.88 Å². The number of rotatable bonds is 1. The average Bonchev–Trinajstić information content (AvgIpc) is 3.12. The molecule has 1 aromatic heterocycles. The molecule has 2 bridgehead atoms. The molecule has 5 heteroatoms. The van der Waals surface area contributed by atoms with Crippen LogP contribution in [0.4, 0.5) is 5.00 Å². The summed E-state index contributed by atoms with van der Waals surface area (Å²) in [4.78, 5) is 28.8. The molecule has 5 aliphatic rings. The number of aryl methyl sites for hydroxylation is 1. The molecular formula is C19H18N2O2S. The van der Waals surface area contributed by atoms with Gasteiger partial charge in [-0.25, -0.2) is 4.90 Å². The molecular weight excluding hydrogens is 320 g/mol. The summed E-state index contributed by atoms with van der Waals surface area (Å²) in [5.74, 6) is -0.153. The van der Waals surface area contributed by atoms with Gasteiger partial charge in [-0.3, -0.25) is 9.59 Å². The maximum Gasteiger partial charge on any atom is 0.238 e. The lowest BCUT2D eigenvalue weighted by Gasteiger charge is -2.38. The van der Waals surface area contributed by atoms with Crippen molar-refractivity contribution in [2.24, 2.45) is 23.7 Å². The van der Waals surface area contributed by atoms with Crippen LogP contribution < -0.4 is 4.90 Å². The molecule has 1 aliphatic heterocycles. The van der Waals surface area contributed by atoms with E-state index in [-0.39, 0.29) is 35.5 Å². The maximum atomic E-state index is 13.1. The third-order valence-electron chi connectivity index (χ3n) is 6.23. The van der Waals surface area contributed by atoms with E-state index in [9.17, 15) is 14.9 Å². The summed E-state index contributed by atoms with van der Waals surface area (Å²) < 4.78 is 0. The van der Waals surface area contributed by atoms with Gasteiger partial charge in [-0.05, 0) is 55.9 Å². The molecule has 2 amide bonds. The Hall–Kier alpha value is -1.93. The van der Waals surface area contributed by atoms with Crippen molar-refractivity contribution in [2.45, 2.75) is 38.5 Å². The van der Waals surface area contributed by atoms with Crippen LogP contribution in [0, 0.1) is 35.0 Å². The van der Waals surface area contributed by atoms with Crippen molar-refractivity contribution in [2.75, 3.05) is 4.90 Å². The zero-order valence-corrected chi connectivity index (χ0v) is 14.1.